The zero-order valence-corrected chi connectivity index (χ0v) is 14.2. The lowest BCUT2D eigenvalue weighted by Crippen LogP contribution is -2.17. The third-order valence-corrected chi connectivity index (χ3v) is 3.50. The van der Waals surface area contributed by atoms with Gasteiger partial charge < -0.3 is 10.2 Å². The van der Waals surface area contributed by atoms with E-state index in [1.165, 1.54) is 0 Å². The van der Waals surface area contributed by atoms with Gasteiger partial charge in [0.25, 0.3) is 5.91 Å². The summed E-state index contributed by atoms with van der Waals surface area (Å²) in [5, 5.41) is 2.88. The molecule has 0 aliphatic rings. The van der Waals surface area contributed by atoms with Gasteiger partial charge in [-0.25, -0.2) is 4.98 Å². The molecule has 1 amide bonds. The Labute approximate surface area is 134 Å². The maximum atomic E-state index is 12.3. The summed E-state index contributed by atoms with van der Waals surface area (Å²) >= 11 is 6.75. The van der Waals surface area contributed by atoms with Crippen molar-refractivity contribution in [3.05, 3.63) is 51.0 Å². The van der Waals surface area contributed by atoms with Gasteiger partial charge in [-0.05, 0) is 30.3 Å². The van der Waals surface area contributed by atoms with Gasteiger partial charge in [-0.3, -0.25) is 4.79 Å². The normalized spacial score (nSPS) is 10.2. The van der Waals surface area contributed by atoms with Gasteiger partial charge in [-0.1, -0.05) is 31.9 Å². The molecule has 20 heavy (non-hydrogen) atoms. The Hall–Kier alpha value is -1.40. The quantitative estimate of drug-likeness (QED) is 0.851. The van der Waals surface area contributed by atoms with Crippen molar-refractivity contribution in [1.29, 1.82) is 0 Å². The number of carbonyl (C=O) groups excluding carboxylic acids is 1. The first-order valence-corrected chi connectivity index (χ1v) is 7.46. The van der Waals surface area contributed by atoms with Crippen molar-refractivity contribution in [3.63, 3.8) is 0 Å². The molecule has 0 fully saturated rings. The Morgan fingerprint density at radius 3 is 2.45 bits per heavy atom. The van der Waals surface area contributed by atoms with Crippen LogP contribution in [0.25, 0.3) is 0 Å². The van der Waals surface area contributed by atoms with Crippen molar-refractivity contribution >= 4 is 49.3 Å². The number of rotatable bonds is 3. The number of aromatic nitrogens is 1. The van der Waals surface area contributed by atoms with Gasteiger partial charge in [0, 0.05) is 34.8 Å². The van der Waals surface area contributed by atoms with Gasteiger partial charge in [0.1, 0.15) is 0 Å². The number of amides is 1. The molecular weight excluding hydrogens is 386 g/mol. The van der Waals surface area contributed by atoms with Crippen LogP contribution in [0.1, 0.15) is 10.4 Å². The molecule has 6 heteroatoms. The van der Waals surface area contributed by atoms with Crippen LogP contribution in [0.3, 0.4) is 0 Å². The van der Waals surface area contributed by atoms with E-state index in [2.05, 4.69) is 42.2 Å². The fourth-order valence-electron chi connectivity index (χ4n) is 1.73. The summed E-state index contributed by atoms with van der Waals surface area (Å²) in [4.78, 5) is 18.4. The highest BCUT2D eigenvalue weighted by molar-refractivity contribution is 9.11. The second-order valence-electron chi connectivity index (χ2n) is 4.38. The number of nitrogens with zero attached hydrogens (tertiary/aromatic N) is 2. The molecule has 0 atom stereocenters. The SMILES string of the molecule is CN(C)c1ncccc1NC(=O)c1cc(Br)cc(Br)c1. The Kier molecular flexibility index (Phi) is 4.77. The van der Waals surface area contributed by atoms with Crippen molar-refractivity contribution in [2.75, 3.05) is 24.3 Å². The summed E-state index contributed by atoms with van der Waals surface area (Å²) < 4.78 is 1.69. The van der Waals surface area contributed by atoms with E-state index in [4.69, 9.17) is 0 Å². The summed E-state index contributed by atoms with van der Waals surface area (Å²) in [6.07, 6.45) is 1.70. The lowest BCUT2D eigenvalue weighted by atomic mass is 10.2. The molecule has 0 spiro atoms. The van der Waals surface area contributed by atoms with Crippen molar-refractivity contribution in [1.82, 2.24) is 4.98 Å². The number of pyridine rings is 1. The van der Waals surface area contributed by atoms with Crippen molar-refractivity contribution < 1.29 is 4.79 Å². The van der Waals surface area contributed by atoms with Gasteiger partial charge in [-0.2, -0.15) is 0 Å². The van der Waals surface area contributed by atoms with Crippen LogP contribution in [-0.2, 0) is 0 Å². The minimum atomic E-state index is -0.178. The van der Waals surface area contributed by atoms with Gasteiger partial charge in [0.15, 0.2) is 5.82 Å². The highest BCUT2D eigenvalue weighted by Crippen LogP contribution is 2.23. The number of anilines is 2. The van der Waals surface area contributed by atoms with Crippen molar-refractivity contribution in [3.8, 4) is 0 Å². The lowest BCUT2D eigenvalue weighted by Gasteiger charge is -2.16. The Balaban J connectivity index is 2.28. The van der Waals surface area contributed by atoms with Crippen LogP contribution in [0.4, 0.5) is 11.5 Å². The van der Waals surface area contributed by atoms with E-state index in [9.17, 15) is 4.79 Å². The van der Waals surface area contributed by atoms with Gasteiger partial charge in [-0.15, -0.1) is 0 Å². The molecule has 1 heterocycles. The number of benzene rings is 1. The van der Waals surface area contributed by atoms with Crippen LogP contribution < -0.4 is 10.2 Å². The van der Waals surface area contributed by atoms with E-state index in [-0.39, 0.29) is 5.91 Å². The number of carbonyl (C=O) groups is 1. The van der Waals surface area contributed by atoms with E-state index in [1.807, 2.05) is 31.1 Å². The van der Waals surface area contributed by atoms with Crippen LogP contribution in [0.5, 0.6) is 0 Å². The molecule has 2 rings (SSSR count). The van der Waals surface area contributed by atoms with Gasteiger partial charge in [0.05, 0.1) is 5.69 Å². The van der Waals surface area contributed by atoms with E-state index in [0.717, 1.165) is 14.8 Å². The summed E-state index contributed by atoms with van der Waals surface area (Å²) in [5.41, 5.74) is 1.25. The molecule has 0 saturated carbocycles. The molecule has 2 aromatic rings. The molecule has 1 aromatic heterocycles. The number of hydrogen-bond donors (Lipinski definition) is 1. The summed E-state index contributed by atoms with van der Waals surface area (Å²) in [7, 11) is 3.77. The topological polar surface area (TPSA) is 45.2 Å². The predicted octanol–water partition coefficient (Wildman–Crippen LogP) is 3.92. The Morgan fingerprint density at radius 1 is 1.20 bits per heavy atom. The smallest absolute Gasteiger partial charge is 0.255 e. The standard InChI is InChI=1S/C14H13Br2N3O/c1-19(2)13-12(4-3-5-17-13)18-14(20)9-6-10(15)8-11(16)7-9/h3-8H,1-2H3,(H,18,20). The summed E-state index contributed by atoms with van der Waals surface area (Å²) in [5.74, 6) is 0.540. The third-order valence-electron chi connectivity index (χ3n) is 2.58. The van der Waals surface area contributed by atoms with Gasteiger partial charge >= 0.3 is 0 Å². The van der Waals surface area contributed by atoms with E-state index in [0.29, 0.717) is 11.3 Å². The van der Waals surface area contributed by atoms with E-state index >= 15 is 0 Å². The molecule has 0 bridgehead atoms. The predicted molar refractivity (Wildman–Crippen MR) is 88.4 cm³/mol. The fourth-order valence-corrected chi connectivity index (χ4v) is 3.02. The second kappa shape index (κ2) is 6.37. The van der Waals surface area contributed by atoms with Gasteiger partial charge in [0.2, 0.25) is 0 Å². The Bertz CT molecular complexity index is 624. The number of nitrogens with one attached hydrogen (secondary N) is 1. The largest absolute Gasteiger partial charge is 0.361 e. The first-order chi connectivity index (χ1) is 9.47. The summed E-state index contributed by atoms with van der Waals surface area (Å²) in [6, 6.07) is 9.04. The molecule has 4 nitrogen and oxygen atoms in total. The average molecular weight is 399 g/mol. The van der Waals surface area contributed by atoms with E-state index < -0.39 is 0 Å². The zero-order valence-electron chi connectivity index (χ0n) is 11.0. The maximum absolute atomic E-state index is 12.3. The molecule has 0 aliphatic carbocycles. The first kappa shape index (κ1) is 15.0. The number of halogens is 2. The second-order valence-corrected chi connectivity index (χ2v) is 6.21. The average Bonchev–Trinajstić information content (AvgIpc) is 2.37. The molecule has 104 valence electrons. The molecule has 0 radical (unpaired) electrons. The van der Waals surface area contributed by atoms with Crippen LogP contribution >= 0.6 is 31.9 Å². The van der Waals surface area contributed by atoms with Crippen LogP contribution in [0, 0.1) is 0 Å². The monoisotopic (exact) mass is 397 g/mol. The van der Waals surface area contributed by atoms with Crippen molar-refractivity contribution in [2.45, 2.75) is 0 Å². The molecule has 1 aromatic carbocycles. The zero-order chi connectivity index (χ0) is 14.7. The van der Waals surface area contributed by atoms with Crippen LogP contribution in [-0.4, -0.2) is 25.0 Å². The molecule has 1 N–H and O–H groups in total. The highest BCUT2D eigenvalue weighted by Gasteiger charge is 2.12. The third kappa shape index (κ3) is 3.58. The van der Waals surface area contributed by atoms with E-state index in [1.54, 1.807) is 24.4 Å². The first-order valence-electron chi connectivity index (χ1n) is 5.87. The number of hydrogen-bond acceptors (Lipinski definition) is 3. The van der Waals surface area contributed by atoms with Crippen LogP contribution in [0.2, 0.25) is 0 Å². The molecular formula is C14H13Br2N3O. The molecule has 0 unspecified atom stereocenters. The maximum Gasteiger partial charge on any atom is 0.255 e. The van der Waals surface area contributed by atoms with Crippen molar-refractivity contribution in [2.24, 2.45) is 0 Å². The molecule has 0 aliphatic heterocycles. The van der Waals surface area contributed by atoms with Crippen LogP contribution in [0.15, 0.2) is 45.5 Å². The highest BCUT2D eigenvalue weighted by atomic mass is 79.9. The minimum Gasteiger partial charge on any atom is -0.361 e. The fraction of sp³-hybridized carbons (Fsp3) is 0.143. The minimum absolute atomic E-state index is 0.178. The molecule has 0 saturated heterocycles. The lowest BCUT2D eigenvalue weighted by molar-refractivity contribution is 0.102. The summed E-state index contributed by atoms with van der Waals surface area (Å²) in [6.45, 7) is 0. The Morgan fingerprint density at radius 2 is 1.85 bits per heavy atom.